The lowest BCUT2D eigenvalue weighted by molar-refractivity contribution is -0.137. The highest BCUT2D eigenvalue weighted by Gasteiger charge is 2.30. The van der Waals surface area contributed by atoms with Crippen LogP contribution in [0.2, 0.25) is 0 Å². The van der Waals surface area contributed by atoms with Crippen LogP contribution in [0.5, 0.6) is 5.75 Å². The Kier molecular flexibility index (Phi) is 8.11. The van der Waals surface area contributed by atoms with Crippen LogP contribution in [0.4, 0.5) is 18.9 Å². The van der Waals surface area contributed by atoms with E-state index in [-0.39, 0.29) is 12.5 Å². The molecular formula is C23H28F3N3O3. The standard InChI is InChI=1S/C23H28F3N3O3/c1-17(30)27-20-6-8-22(9-7-20)32-16-21(31)15-29-12-10-28(11-13-29)14-18-2-4-19(5-3-18)23(24,25)26/h2-9,21,31H,10-16H2,1H3,(H,27,30). The number of amides is 1. The van der Waals surface area contributed by atoms with Crippen molar-refractivity contribution in [2.24, 2.45) is 0 Å². The number of carbonyl (C=O) groups is 1. The second-order valence-corrected chi connectivity index (χ2v) is 7.94. The van der Waals surface area contributed by atoms with Crippen molar-refractivity contribution in [3.8, 4) is 5.75 Å². The Morgan fingerprint density at radius 1 is 1.03 bits per heavy atom. The molecule has 1 saturated heterocycles. The molecule has 0 aromatic heterocycles. The smallest absolute Gasteiger partial charge is 0.416 e. The summed E-state index contributed by atoms with van der Waals surface area (Å²) < 4.78 is 43.6. The maximum Gasteiger partial charge on any atom is 0.416 e. The Balaban J connectivity index is 1.36. The van der Waals surface area contributed by atoms with Gasteiger partial charge in [0.15, 0.2) is 0 Å². The third-order valence-corrected chi connectivity index (χ3v) is 5.24. The number of ether oxygens (including phenoxy) is 1. The summed E-state index contributed by atoms with van der Waals surface area (Å²) >= 11 is 0. The van der Waals surface area contributed by atoms with E-state index in [9.17, 15) is 23.1 Å². The Bertz CT molecular complexity index is 865. The van der Waals surface area contributed by atoms with Crippen molar-refractivity contribution in [2.75, 3.05) is 44.6 Å². The SMILES string of the molecule is CC(=O)Nc1ccc(OCC(O)CN2CCN(Cc3ccc(C(F)(F)F)cc3)CC2)cc1. The van der Waals surface area contributed by atoms with Crippen LogP contribution in [0.3, 0.4) is 0 Å². The van der Waals surface area contributed by atoms with E-state index >= 15 is 0 Å². The number of anilines is 1. The van der Waals surface area contributed by atoms with Crippen molar-refractivity contribution in [1.29, 1.82) is 0 Å². The normalized spacial score (nSPS) is 16.5. The fourth-order valence-corrected chi connectivity index (χ4v) is 3.57. The average molecular weight is 451 g/mol. The lowest BCUT2D eigenvalue weighted by atomic mass is 10.1. The number of aliphatic hydroxyl groups is 1. The molecule has 1 unspecified atom stereocenters. The van der Waals surface area contributed by atoms with Crippen molar-refractivity contribution in [3.05, 3.63) is 59.7 Å². The lowest BCUT2D eigenvalue weighted by Crippen LogP contribution is -2.48. The number of hydrogen-bond donors (Lipinski definition) is 2. The Morgan fingerprint density at radius 3 is 2.19 bits per heavy atom. The van der Waals surface area contributed by atoms with Crippen molar-refractivity contribution in [2.45, 2.75) is 25.7 Å². The van der Waals surface area contributed by atoms with Crippen molar-refractivity contribution < 1.29 is 27.8 Å². The van der Waals surface area contributed by atoms with Gasteiger partial charge in [-0.1, -0.05) is 12.1 Å². The quantitative estimate of drug-likeness (QED) is 0.645. The molecule has 0 aliphatic carbocycles. The summed E-state index contributed by atoms with van der Waals surface area (Å²) in [7, 11) is 0. The van der Waals surface area contributed by atoms with Gasteiger partial charge in [-0.25, -0.2) is 0 Å². The first-order chi connectivity index (χ1) is 15.2. The average Bonchev–Trinajstić information content (AvgIpc) is 2.74. The monoisotopic (exact) mass is 451 g/mol. The highest BCUT2D eigenvalue weighted by molar-refractivity contribution is 5.88. The molecule has 2 aromatic rings. The molecule has 1 fully saturated rings. The second kappa shape index (κ2) is 10.8. The highest BCUT2D eigenvalue weighted by atomic mass is 19.4. The molecule has 2 aromatic carbocycles. The first-order valence-corrected chi connectivity index (χ1v) is 10.5. The molecule has 2 N–H and O–H groups in total. The molecule has 0 saturated carbocycles. The van der Waals surface area contributed by atoms with Gasteiger partial charge in [-0.05, 0) is 42.0 Å². The summed E-state index contributed by atoms with van der Waals surface area (Å²) in [5.41, 5.74) is 0.898. The Labute approximate surface area is 185 Å². The molecule has 1 amide bonds. The molecule has 6 nitrogen and oxygen atoms in total. The minimum atomic E-state index is -4.31. The van der Waals surface area contributed by atoms with Gasteiger partial charge in [0, 0.05) is 51.9 Å². The van der Waals surface area contributed by atoms with Gasteiger partial charge in [-0.3, -0.25) is 14.6 Å². The van der Waals surface area contributed by atoms with Gasteiger partial charge < -0.3 is 15.2 Å². The van der Waals surface area contributed by atoms with Crippen molar-refractivity contribution in [1.82, 2.24) is 9.80 Å². The number of nitrogens with zero attached hydrogens (tertiary/aromatic N) is 2. The zero-order chi connectivity index (χ0) is 23.1. The van der Waals surface area contributed by atoms with Gasteiger partial charge in [0.05, 0.1) is 5.56 Å². The third kappa shape index (κ3) is 7.51. The zero-order valence-electron chi connectivity index (χ0n) is 17.9. The summed E-state index contributed by atoms with van der Waals surface area (Å²) in [6, 6.07) is 12.2. The summed E-state index contributed by atoms with van der Waals surface area (Å²) in [6.45, 7) is 5.77. The van der Waals surface area contributed by atoms with E-state index in [4.69, 9.17) is 4.74 Å². The summed E-state index contributed by atoms with van der Waals surface area (Å²) in [4.78, 5) is 15.4. The molecule has 0 bridgehead atoms. The number of piperazine rings is 1. The van der Waals surface area contributed by atoms with Crippen LogP contribution in [-0.4, -0.2) is 66.2 Å². The summed E-state index contributed by atoms with van der Waals surface area (Å²) in [6.07, 6.45) is -4.96. The predicted octanol–water partition coefficient (Wildman–Crippen LogP) is 3.22. The number of benzene rings is 2. The number of aliphatic hydroxyl groups excluding tert-OH is 1. The minimum Gasteiger partial charge on any atom is -0.491 e. The molecule has 3 rings (SSSR count). The number of rotatable bonds is 8. The van der Waals surface area contributed by atoms with Crippen molar-refractivity contribution >= 4 is 11.6 Å². The Hall–Kier alpha value is -2.62. The summed E-state index contributed by atoms with van der Waals surface area (Å²) in [5, 5.41) is 13.0. The number of β-amino-alcohol motifs (C(OH)–C–C–N with tert-alkyl or cyclic N) is 1. The predicted molar refractivity (Wildman–Crippen MR) is 115 cm³/mol. The van der Waals surface area contributed by atoms with Gasteiger partial charge in [0.1, 0.15) is 18.5 Å². The molecular weight excluding hydrogens is 423 g/mol. The Morgan fingerprint density at radius 2 is 1.62 bits per heavy atom. The molecule has 1 heterocycles. The highest BCUT2D eigenvalue weighted by Crippen LogP contribution is 2.29. The molecule has 1 aliphatic heterocycles. The van der Waals surface area contributed by atoms with Gasteiger partial charge in [0.25, 0.3) is 0 Å². The molecule has 1 aliphatic rings. The van der Waals surface area contributed by atoms with Gasteiger partial charge in [0.2, 0.25) is 5.91 Å². The van der Waals surface area contributed by atoms with Crippen LogP contribution in [-0.2, 0) is 17.5 Å². The molecule has 0 radical (unpaired) electrons. The van der Waals surface area contributed by atoms with E-state index in [1.165, 1.54) is 19.1 Å². The number of carbonyl (C=O) groups excluding carboxylic acids is 1. The van der Waals surface area contributed by atoms with E-state index < -0.39 is 17.8 Å². The van der Waals surface area contributed by atoms with Crippen LogP contribution >= 0.6 is 0 Å². The number of nitrogens with one attached hydrogen (secondary N) is 1. The lowest BCUT2D eigenvalue weighted by Gasteiger charge is -2.35. The summed E-state index contributed by atoms with van der Waals surface area (Å²) in [5.74, 6) is 0.466. The van der Waals surface area contributed by atoms with Gasteiger partial charge >= 0.3 is 6.18 Å². The van der Waals surface area contributed by atoms with Crippen LogP contribution in [0, 0.1) is 0 Å². The van der Waals surface area contributed by atoms with Crippen LogP contribution in [0.15, 0.2) is 48.5 Å². The zero-order valence-corrected chi connectivity index (χ0v) is 17.9. The molecule has 0 spiro atoms. The maximum atomic E-state index is 12.7. The number of alkyl halides is 3. The number of halogens is 3. The molecule has 32 heavy (non-hydrogen) atoms. The maximum absolute atomic E-state index is 12.7. The first-order valence-electron chi connectivity index (χ1n) is 10.5. The van der Waals surface area contributed by atoms with Crippen molar-refractivity contribution in [3.63, 3.8) is 0 Å². The fraction of sp³-hybridized carbons (Fsp3) is 0.435. The van der Waals surface area contributed by atoms with E-state index in [1.807, 2.05) is 0 Å². The third-order valence-electron chi connectivity index (χ3n) is 5.24. The first kappa shape index (κ1) is 24.0. The van der Waals surface area contributed by atoms with Crippen LogP contribution in [0.25, 0.3) is 0 Å². The van der Waals surface area contributed by atoms with Gasteiger partial charge in [-0.2, -0.15) is 13.2 Å². The minimum absolute atomic E-state index is 0.145. The van der Waals surface area contributed by atoms with E-state index in [0.29, 0.717) is 24.5 Å². The molecule has 9 heteroatoms. The van der Waals surface area contributed by atoms with E-state index in [0.717, 1.165) is 43.9 Å². The van der Waals surface area contributed by atoms with E-state index in [1.54, 1.807) is 24.3 Å². The molecule has 174 valence electrons. The number of hydrogen-bond acceptors (Lipinski definition) is 5. The van der Waals surface area contributed by atoms with Crippen LogP contribution < -0.4 is 10.1 Å². The van der Waals surface area contributed by atoms with Crippen LogP contribution in [0.1, 0.15) is 18.1 Å². The largest absolute Gasteiger partial charge is 0.491 e. The topological polar surface area (TPSA) is 65.0 Å². The molecule has 1 atom stereocenters. The second-order valence-electron chi connectivity index (χ2n) is 7.94. The fourth-order valence-electron chi connectivity index (χ4n) is 3.57. The van der Waals surface area contributed by atoms with E-state index in [2.05, 4.69) is 15.1 Å². The van der Waals surface area contributed by atoms with Gasteiger partial charge in [-0.15, -0.1) is 0 Å².